The molecule has 0 aromatic heterocycles. The Bertz CT molecular complexity index is 887. The molecule has 1 amide bonds. The summed E-state index contributed by atoms with van der Waals surface area (Å²) in [6, 6.07) is 12.3. The van der Waals surface area contributed by atoms with E-state index in [0.29, 0.717) is 25.9 Å². The summed E-state index contributed by atoms with van der Waals surface area (Å²) >= 11 is 0. The average molecular weight is 396 g/mol. The van der Waals surface area contributed by atoms with Crippen molar-refractivity contribution in [2.45, 2.75) is 12.8 Å². The van der Waals surface area contributed by atoms with Gasteiger partial charge in [-0.2, -0.15) is 0 Å². The van der Waals surface area contributed by atoms with Gasteiger partial charge in [0.25, 0.3) is 0 Å². The molecule has 7 heteroatoms. The van der Waals surface area contributed by atoms with Crippen LogP contribution >= 0.6 is 0 Å². The molecule has 154 valence electrons. The molecule has 7 nitrogen and oxygen atoms in total. The number of carbonyl (C=O) groups is 2. The Morgan fingerprint density at radius 1 is 1.00 bits per heavy atom. The first kappa shape index (κ1) is 19.7. The summed E-state index contributed by atoms with van der Waals surface area (Å²) in [4.78, 5) is 28.0. The Morgan fingerprint density at radius 3 is 2.38 bits per heavy atom. The lowest BCUT2D eigenvalue weighted by molar-refractivity contribution is -0.138. The molecule has 2 aromatic rings. The summed E-state index contributed by atoms with van der Waals surface area (Å²) < 4.78 is 0. The lowest BCUT2D eigenvalue weighted by Crippen LogP contribution is -2.43. The first-order chi connectivity index (χ1) is 14.1. The lowest BCUT2D eigenvalue weighted by Gasteiger charge is -2.31. The first-order valence-corrected chi connectivity index (χ1v) is 10.3. The van der Waals surface area contributed by atoms with Gasteiger partial charge in [0, 0.05) is 54.2 Å². The molecular formula is C22H28N4O3. The third kappa shape index (κ3) is 4.52. The summed E-state index contributed by atoms with van der Waals surface area (Å²) in [6.45, 7) is 5.25. The standard InChI is InChI=1S/C22H28N4O3/c27-21(28)15-25-11-7-16(8-12-25)22(29)24-19-5-6-20(26-13-9-23-10-14-26)18-4-2-1-3-17(18)19/h1-6,16,23H,7-15H2,(H,24,29)(H,27,28). The number of carbonyl (C=O) groups excluding carboxylic acids is 1. The van der Waals surface area contributed by atoms with Crippen molar-refractivity contribution in [3.63, 3.8) is 0 Å². The number of fused-ring (bicyclic) bond motifs is 1. The van der Waals surface area contributed by atoms with Crippen molar-refractivity contribution in [3.8, 4) is 0 Å². The van der Waals surface area contributed by atoms with Crippen LogP contribution in [0.1, 0.15) is 12.8 Å². The van der Waals surface area contributed by atoms with Gasteiger partial charge in [0.05, 0.1) is 6.54 Å². The third-order valence-electron chi connectivity index (χ3n) is 5.93. The number of anilines is 2. The van der Waals surface area contributed by atoms with E-state index in [1.807, 2.05) is 23.1 Å². The summed E-state index contributed by atoms with van der Waals surface area (Å²) in [5.74, 6) is -0.865. The lowest BCUT2D eigenvalue weighted by atomic mass is 9.95. The Hall–Kier alpha value is -2.64. The second kappa shape index (κ2) is 8.80. The number of hydrogen-bond donors (Lipinski definition) is 3. The molecule has 3 N–H and O–H groups in total. The van der Waals surface area contributed by atoms with Gasteiger partial charge in [-0.1, -0.05) is 24.3 Å². The van der Waals surface area contributed by atoms with Gasteiger partial charge in [-0.05, 0) is 38.1 Å². The van der Waals surface area contributed by atoms with E-state index in [0.717, 1.165) is 42.6 Å². The number of nitrogens with one attached hydrogen (secondary N) is 2. The molecule has 0 spiro atoms. The highest BCUT2D eigenvalue weighted by Crippen LogP contribution is 2.33. The SMILES string of the molecule is O=C(O)CN1CCC(C(=O)Nc2ccc(N3CCNCC3)c3ccccc23)CC1. The van der Waals surface area contributed by atoms with Crippen molar-refractivity contribution >= 4 is 34.0 Å². The summed E-state index contributed by atoms with van der Waals surface area (Å²) in [5.41, 5.74) is 2.06. The van der Waals surface area contributed by atoms with Gasteiger partial charge < -0.3 is 20.6 Å². The number of carboxylic acids is 1. The molecule has 29 heavy (non-hydrogen) atoms. The van der Waals surface area contributed by atoms with Crippen molar-refractivity contribution < 1.29 is 14.7 Å². The smallest absolute Gasteiger partial charge is 0.317 e. The minimum atomic E-state index is -0.816. The molecule has 2 aliphatic heterocycles. The van der Waals surface area contributed by atoms with Gasteiger partial charge in [-0.3, -0.25) is 14.5 Å². The van der Waals surface area contributed by atoms with E-state index in [1.165, 1.54) is 5.69 Å². The zero-order valence-corrected chi connectivity index (χ0v) is 16.6. The maximum atomic E-state index is 12.9. The Morgan fingerprint density at radius 2 is 1.69 bits per heavy atom. The molecule has 2 heterocycles. The fourth-order valence-corrected chi connectivity index (χ4v) is 4.35. The highest BCUT2D eigenvalue weighted by molar-refractivity contribution is 6.07. The Kier molecular flexibility index (Phi) is 5.97. The maximum Gasteiger partial charge on any atom is 0.317 e. The number of piperazine rings is 1. The fourth-order valence-electron chi connectivity index (χ4n) is 4.35. The maximum absolute atomic E-state index is 12.9. The first-order valence-electron chi connectivity index (χ1n) is 10.3. The number of rotatable bonds is 5. The van der Waals surface area contributed by atoms with Gasteiger partial charge in [-0.25, -0.2) is 0 Å². The average Bonchev–Trinajstić information content (AvgIpc) is 2.74. The van der Waals surface area contributed by atoms with Crippen LogP contribution in [0.15, 0.2) is 36.4 Å². The number of benzene rings is 2. The number of aliphatic carboxylic acids is 1. The summed E-state index contributed by atoms with van der Waals surface area (Å²) in [7, 11) is 0. The van der Waals surface area contributed by atoms with Gasteiger partial charge in [0.1, 0.15) is 0 Å². The van der Waals surface area contributed by atoms with Crippen LogP contribution in [0.2, 0.25) is 0 Å². The Labute approximate surface area is 170 Å². The largest absolute Gasteiger partial charge is 0.480 e. The zero-order chi connectivity index (χ0) is 20.2. The molecule has 2 saturated heterocycles. The molecular weight excluding hydrogens is 368 g/mol. The van der Waals surface area contributed by atoms with Gasteiger partial charge in [0.2, 0.25) is 5.91 Å². The van der Waals surface area contributed by atoms with E-state index in [1.54, 1.807) is 0 Å². The quantitative estimate of drug-likeness (QED) is 0.717. The number of nitrogens with zero attached hydrogens (tertiary/aromatic N) is 2. The fraction of sp³-hybridized carbons (Fsp3) is 0.455. The van der Waals surface area contributed by atoms with E-state index in [9.17, 15) is 9.59 Å². The molecule has 0 bridgehead atoms. The molecule has 2 aromatic carbocycles. The molecule has 0 radical (unpaired) electrons. The van der Waals surface area contributed by atoms with Crippen molar-refractivity contribution in [3.05, 3.63) is 36.4 Å². The predicted octanol–water partition coefficient (Wildman–Crippen LogP) is 1.98. The minimum Gasteiger partial charge on any atom is -0.480 e. The van der Waals surface area contributed by atoms with Gasteiger partial charge in [-0.15, -0.1) is 0 Å². The van der Waals surface area contributed by atoms with Crippen LogP contribution in [0.3, 0.4) is 0 Å². The molecule has 0 unspecified atom stereocenters. The van der Waals surface area contributed by atoms with Crippen molar-refractivity contribution in [1.29, 1.82) is 0 Å². The summed E-state index contributed by atoms with van der Waals surface area (Å²) in [5, 5.41) is 17.7. The number of likely N-dealkylation sites (tertiary alicyclic amines) is 1. The molecule has 4 rings (SSSR count). The van der Waals surface area contributed by atoms with Crippen LogP contribution in [0.5, 0.6) is 0 Å². The third-order valence-corrected chi connectivity index (χ3v) is 5.93. The molecule has 0 saturated carbocycles. The number of carboxylic acid groups (broad SMARTS) is 1. The van der Waals surface area contributed by atoms with Crippen LogP contribution in [-0.2, 0) is 9.59 Å². The van der Waals surface area contributed by atoms with Crippen LogP contribution in [0.25, 0.3) is 10.8 Å². The highest BCUT2D eigenvalue weighted by atomic mass is 16.4. The van der Waals surface area contributed by atoms with Gasteiger partial charge >= 0.3 is 5.97 Å². The van der Waals surface area contributed by atoms with Crippen molar-refractivity contribution in [2.24, 2.45) is 5.92 Å². The van der Waals surface area contributed by atoms with E-state index >= 15 is 0 Å². The van der Waals surface area contributed by atoms with Crippen LogP contribution in [0.4, 0.5) is 11.4 Å². The molecule has 0 aliphatic carbocycles. The topological polar surface area (TPSA) is 84.9 Å². The van der Waals surface area contributed by atoms with E-state index in [-0.39, 0.29) is 18.4 Å². The number of hydrogen-bond acceptors (Lipinski definition) is 5. The second-order valence-corrected chi connectivity index (χ2v) is 7.85. The van der Waals surface area contributed by atoms with Crippen LogP contribution < -0.4 is 15.5 Å². The van der Waals surface area contributed by atoms with Gasteiger partial charge in [0.15, 0.2) is 0 Å². The predicted molar refractivity (Wildman–Crippen MR) is 114 cm³/mol. The second-order valence-electron chi connectivity index (χ2n) is 7.85. The monoisotopic (exact) mass is 396 g/mol. The number of amides is 1. The molecule has 2 aliphatic rings. The Balaban J connectivity index is 1.48. The minimum absolute atomic E-state index is 0.0278. The van der Waals surface area contributed by atoms with Crippen LogP contribution in [-0.4, -0.2) is 67.7 Å². The number of piperidine rings is 1. The zero-order valence-electron chi connectivity index (χ0n) is 16.6. The van der Waals surface area contributed by atoms with E-state index in [2.05, 4.69) is 33.7 Å². The van der Waals surface area contributed by atoms with Crippen LogP contribution in [0, 0.1) is 5.92 Å². The summed E-state index contributed by atoms with van der Waals surface area (Å²) in [6.07, 6.45) is 1.38. The van der Waals surface area contributed by atoms with E-state index in [4.69, 9.17) is 5.11 Å². The normalized spacial score (nSPS) is 18.7. The van der Waals surface area contributed by atoms with Crippen molar-refractivity contribution in [1.82, 2.24) is 10.2 Å². The molecule has 2 fully saturated rings. The highest BCUT2D eigenvalue weighted by Gasteiger charge is 2.26. The van der Waals surface area contributed by atoms with Crippen molar-refractivity contribution in [2.75, 3.05) is 56.0 Å². The van der Waals surface area contributed by atoms with E-state index < -0.39 is 5.97 Å². The molecule has 0 atom stereocenters.